The van der Waals surface area contributed by atoms with E-state index in [0.29, 0.717) is 6.42 Å². The normalized spacial score (nSPS) is 22.2. The summed E-state index contributed by atoms with van der Waals surface area (Å²) < 4.78 is 5.28. The van der Waals surface area contributed by atoms with Gasteiger partial charge in [-0.15, -0.1) is 0 Å². The second-order valence-electron chi connectivity index (χ2n) is 5.74. The topological polar surface area (TPSA) is 46.5 Å². The molecule has 3 heteroatoms. The van der Waals surface area contributed by atoms with Crippen molar-refractivity contribution in [1.82, 2.24) is 0 Å². The number of hydrogen-bond donors (Lipinski definition) is 1. The molecular formula is C18H20O3. The molecule has 2 aromatic carbocycles. The monoisotopic (exact) mass is 284 g/mol. The van der Waals surface area contributed by atoms with E-state index in [0.717, 1.165) is 19.3 Å². The van der Waals surface area contributed by atoms with Crippen molar-refractivity contribution >= 4 is 16.7 Å². The summed E-state index contributed by atoms with van der Waals surface area (Å²) in [6.07, 6.45) is 2.78. The van der Waals surface area contributed by atoms with Gasteiger partial charge in [-0.3, -0.25) is 4.79 Å². The molecule has 21 heavy (non-hydrogen) atoms. The minimum atomic E-state index is -0.534. The highest BCUT2D eigenvalue weighted by molar-refractivity contribution is 5.85. The molecule has 0 saturated carbocycles. The maximum atomic E-state index is 11.3. The molecule has 1 aliphatic heterocycles. The number of ether oxygens (including phenoxy) is 1. The summed E-state index contributed by atoms with van der Waals surface area (Å²) in [4.78, 5) is 11.3. The molecule has 1 saturated heterocycles. The third kappa shape index (κ3) is 3.42. The molecule has 110 valence electrons. The highest BCUT2D eigenvalue weighted by Crippen LogP contribution is 2.23. The van der Waals surface area contributed by atoms with Crippen molar-refractivity contribution in [3.63, 3.8) is 0 Å². The van der Waals surface area contributed by atoms with E-state index in [-0.39, 0.29) is 18.5 Å². The summed E-state index contributed by atoms with van der Waals surface area (Å²) in [7, 11) is 0. The predicted molar refractivity (Wildman–Crippen MR) is 82.0 cm³/mol. The third-order valence-electron chi connectivity index (χ3n) is 4.09. The van der Waals surface area contributed by atoms with E-state index in [1.165, 1.54) is 16.3 Å². The number of aryl methyl sites for hydroxylation is 1. The molecule has 0 radical (unpaired) electrons. The van der Waals surface area contributed by atoms with Gasteiger partial charge >= 0.3 is 5.97 Å². The lowest BCUT2D eigenvalue weighted by molar-refractivity contribution is -0.160. The molecule has 3 rings (SSSR count). The van der Waals surface area contributed by atoms with E-state index in [2.05, 4.69) is 42.5 Å². The second kappa shape index (κ2) is 6.27. The Balaban J connectivity index is 1.61. The van der Waals surface area contributed by atoms with Gasteiger partial charge in [-0.2, -0.15) is 0 Å². The number of cyclic esters (lactones) is 1. The van der Waals surface area contributed by atoms with Crippen LogP contribution in [0.5, 0.6) is 0 Å². The first-order valence-electron chi connectivity index (χ1n) is 7.56. The van der Waals surface area contributed by atoms with Crippen LogP contribution in [0.15, 0.2) is 42.5 Å². The molecule has 1 N–H and O–H groups in total. The molecule has 0 aromatic heterocycles. The first kappa shape index (κ1) is 14.1. The SMILES string of the molecule is O=C1CC(O)CC(CCCc2cccc3ccccc23)O1. The average Bonchev–Trinajstić information content (AvgIpc) is 2.46. The lowest BCUT2D eigenvalue weighted by Gasteiger charge is -2.25. The Kier molecular flexibility index (Phi) is 4.20. The van der Waals surface area contributed by atoms with Crippen molar-refractivity contribution < 1.29 is 14.6 Å². The van der Waals surface area contributed by atoms with Gasteiger partial charge in [0.2, 0.25) is 0 Å². The number of rotatable bonds is 4. The fraction of sp³-hybridized carbons (Fsp3) is 0.389. The zero-order valence-corrected chi connectivity index (χ0v) is 12.0. The van der Waals surface area contributed by atoms with E-state index >= 15 is 0 Å². The van der Waals surface area contributed by atoms with E-state index in [1.807, 2.05) is 0 Å². The molecule has 0 spiro atoms. The molecule has 3 nitrogen and oxygen atoms in total. The number of esters is 1. The standard InChI is InChI=1S/C18H20O3/c19-15-11-16(21-18(20)12-15)9-4-8-14-7-3-6-13-5-1-2-10-17(13)14/h1-3,5-7,10,15-16,19H,4,8-9,11-12H2. The Morgan fingerprint density at radius 1 is 1.14 bits per heavy atom. The predicted octanol–water partition coefficient (Wildman–Crippen LogP) is 3.23. The molecule has 1 fully saturated rings. The number of carbonyl (C=O) groups excluding carboxylic acids is 1. The number of aliphatic hydroxyl groups is 1. The van der Waals surface area contributed by atoms with Crippen LogP contribution < -0.4 is 0 Å². The van der Waals surface area contributed by atoms with Crippen molar-refractivity contribution in [2.75, 3.05) is 0 Å². The van der Waals surface area contributed by atoms with Crippen LogP contribution in [-0.2, 0) is 16.0 Å². The summed E-state index contributed by atoms with van der Waals surface area (Å²) in [5, 5.41) is 12.2. The molecule has 0 aliphatic carbocycles. The molecule has 0 bridgehead atoms. The number of benzene rings is 2. The van der Waals surface area contributed by atoms with Gasteiger partial charge in [-0.1, -0.05) is 42.5 Å². The Bertz CT molecular complexity index is 630. The minimum Gasteiger partial charge on any atom is -0.462 e. The van der Waals surface area contributed by atoms with Gasteiger partial charge in [0.25, 0.3) is 0 Å². The number of aliphatic hydroxyl groups excluding tert-OH is 1. The van der Waals surface area contributed by atoms with Crippen LogP contribution in [-0.4, -0.2) is 23.3 Å². The van der Waals surface area contributed by atoms with Gasteiger partial charge in [-0.25, -0.2) is 0 Å². The maximum Gasteiger partial charge on any atom is 0.308 e. The Hall–Kier alpha value is -1.87. The summed E-state index contributed by atoms with van der Waals surface area (Å²) in [5.41, 5.74) is 1.33. The van der Waals surface area contributed by atoms with Gasteiger partial charge in [0, 0.05) is 6.42 Å². The molecule has 2 unspecified atom stereocenters. The van der Waals surface area contributed by atoms with Crippen LogP contribution in [0, 0.1) is 0 Å². The lowest BCUT2D eigenvalue weighted by Crippen LogP contribution is -2.32. The molecule has 2 aromatic rings. The molecule has 0 amide bonds. The van der Waals surface area contributed by atoms with Gasteiger partial charge in [0.15, 0.2) is 0 Å². The third-order valence-corrected chi connectivity index (χ3v) is 4.09. The Morgan fingerprint density at radius 2 is 1.95 bits per heavy atom. The smallest absolute Gasteiger partial charge is 0.308 e. The minimum absolute atomic E-state index is 0.128. The van der Waals surface area contributed by atoms with Crippen molar-refractivity contribution in [1.29, 1.82) is 0 Å². The van der Waals surface area contributed by atoms with E-state index in [4.69, 9.17) is 4.74 Å². The highest BCUT2D eigenvalue weighted by atomic mass is 16.5. The summed E-state index contributed by atoms with van der Waals surface area (Å²) >= 11 is 0. The highest BCUT2D eigenvalue weighted by Gasteiger charge is 2.26. The Morgan fingerprint density at radius 3 is 2.81 bits per heavy atom. The molecule has 2 atom stereocenters. The van der Waals surface area contributed by atoms with Gasteiger partial charge in [0.1, 0.15) is 6.10 Å². The maximum absolute atomic E-state index is 11.3. The Labute approximate surface area is 124 Å². The van der Waals surface area contributed by atoms with E-state index < -0.39 is 6.10 Å². The van der Waals surface area contributed by atoms with E-state index in [9.17, 15) is 9.90 Å². The number of fused-ring (bicyclic) bond motifs is 1. The zero-order valence-electron chi connectivity index (χ0n) is 12.0. The first-order valence-corrected chi connectivity index (χ1v) is 7.56. The fourth-order valence-electron chi connectivity index (χ4n) is 3.07. The number of carbonyl (C=O) groups is 1. The van der Waals surface area contributed by atoms with Gasteiger partial charge < -0.3 is 9.84 Å². The van der Waals surface area contributed by atoms with Crippen molar-refractivity contribution in [3.05, 3.63) is 48.0 Å². The van der Waals surface area contributed by atoms with Crippen molar-refractivity contribution in [3.8, 4) is 0 Å². The van der Waals surface area contributed by atoms with Crippen LogP contribution in [0.4, 0.5) is 0 Å². The van der Waals surface area contributed by atoms with Crippen molar-refractivity contribution in [2.45, 2.75) is 44.3 Å². The quantitative estimate of drug-likeness (QED) is 0.877. The van der Waals surface area contributed by atoms with Crippen LogP contribution >= 0.6 is 0 Å². The van der Waals surface area contributed by atoms with Gasteiger partial charge in [-0.05, 0) is 35.6 Å². The van der Waals surface area contributed by atoms with Crippen LogP contribution in [0.3, 0.4) is 0 Å². The molecule has 1 aliphatic rings. The van der Waals surface area contributed by atoms with Crippen LogP contribution in [0.2, 0.25) is 0 Å². The first-order chi connectivity index (χ1) is 10.2. The second-order valence-corrected chi connectivity index (χ2v) is 5.74. The van der Waals surface area contributed by atoms with Crippen LogP contribution in [0.1, 0.15) is 31.2 Å². The van der Waals surface area contributed by atoms with Crippen LogP contribution in [0.25, 0.3) is 10.8 Å². The van der Waals surface area contributed by atoms with E-state index in [1.54, 1.807) is 0 Å². The summed E-state index contributed by atoms with van der Waals surface area (Å²) in [6, 6.07) is 14.7. The van der Waals surface area contributed by atoms with Crippen molar-refractivity contribution in [2.24, 2.45) is 0 Å². The summed E-state index contributed by atoms with van der Waals surface area (Å²) in [5.74, 6) is -0.274. The average molecular weight is 284 g/mol. The summed E-state index contributed by atoms with van der Waals surface area (Å²) in [6.45, 7) is 0. The fourth-order valence-corrected chi connectivity index (χ4v) is 3.07. The molecular weight excluding hydrogens is 264 g/mol. The molecule has 1 heterocycles. The zero-order chi connectivity index (χ0) is 14.7. The van der Waals surface area contributed by atoms with Gasteiger partial charge in [0.05, 0.1) is 12.5 Å². The largest absolute Gasteiger partial charge is 0.462 e. The number of hydrogen-bond acceptors (Lipinski definition) is 3. The lowest BCUT2D eigenvalue weighted by atomic mass is 9.97.